The molecular weight excluding hydrogens is 178 g/mol. The van der Waals surface area contributed by atoms with Crippen LogP contribution in [0.4, 0.5) is 5.82 Å². The van der Waals surface area contributed by atoms with E-state index >= 15 is 0 Å². The fourth-order valence-electron chi connectivity index (χ4n) is 1.19. The molecule has 0 amide bonds. The second-order valence-corrected chi connectivity index (χ2v) is 2.82. The molecule has 1 rings (SSSR count). The molecule has 74 valence electrons. The van der Waals surface area contributed by atoms with E-state index < -0.39 is 0 Å². The number of anilines is 1. The van der Waals surface area contributed by atoms with E-state index in [1.165, 1.54) is 6.20 Å². The number of nitrogens with zero attached hydrogens (tertiary/aromatic N) is 3. The summed E-state index contributed by atoms with van der Waals surface area (Å²) in [5.74, 6) is 0.792. The molecule has 0 spiro atoms. The molecular formula is C10H13N3O. The predicted octanol–water partition coefficient (Wildman–Crippen LogP) is 0.772. The summed E-state index contributed by atoms with van der Waals surface area (Å²) in [6, 6.07) is 5.53. The van der Waals surface area contributed by atoms with E-state index in [0.29, 0.717) is 12.1 Å². The second kappa shape index (κ2) is 5.20. The summed E-state index contributed by atoms with van der Waals surface area (Å²) in [7, 11) is 0. The van der Waals surface area contributed by atoms with Crippen molar-refractivity contribution in [1.29, 1.82) is 5.26 Å². The van der Waals surface area contributed by atoms with Crippen molar-refractivity contribution >= 4 is 5.82 Å². The summed E-state index contributed by atoms with van der Waals surface area (Å²) in [5, 5.41) is 17.4. The minimum Gasteiger partial charge on any atom is -0.395 e. The van der Waals surface area contributed by atoms with Crippen LogP contribution in [0.5, 0.6) is 0 Å². The molecule has 1 aromatic rings. The first-order valence-corrected chi connectivity index (χ1v) is 4.53. The molecule has 1 aromatic heterocycles. The van der Waals surface area contributed by atoms with Gasteiger partial charge in [0.25, 0.3) is 0 Å². The van der Waals surface area contributed by atoms with Gasteiger partial charge >= 0.3 is 0 Å². The normalized spacial score (nSPS) is 9.50. The number of hydrogen-bond acceptors (Lipinski definition) is 4. The maximum atomic E-state index is 8.81. The largest absolute Gasteiger partial charge is 0.395 e. The third-order valence-corrected chi connectivity index (χ3v) is 1.95. The Morgan fingerprint density at radius 1 is 1.57 bits per heavy atom. The maximum absolute atomic E-state index is 8.81. The van der Waals surface area contributed by atoms with E-state index in [4.69, 9.17) is 10.4 Å². The molecule has 1 N–H and O–H groups in total. The van der Waals surface area contributed by atoms with Crippen molar-refractivity contribution < 1.29 is 5.11 Å². The zero-order chi connectivity index (χ0) is 10.4. The van der Waals surface area contributed by atoms with E-state index in [1.54, 1.807) is 12.1 Å². The van der Waals surface area contributed by atoms with Crippen LogP contribution >= 0.6 is 0 Å². The minimum atomic E-state index is 0.107. The summed E-state index contributed by atoms with van der Waals surface area (Å²) in [6.45, 7) is 3.46. The van der Waals surface area contributed by atoms with Crippen LogP contribution in [0.15, 0.2) is 18.3 Å². The fraction of sp³-hybridized carbons (Fsp3) is 0.400. The highest BCUT2D eigenvalue weighted by Crippen LogP contribution is 2.09. The van der Waals surface area contributed by atoms with Crippen molar-refractivity contribution in [3.05, 3.63) is 23.9 Å². The first-order valence-electron chi connectivity index (χ1n) is 4.53. The molecule has 4 nitrogen and oxygen atoms in total. The Balaban J connectivity index is 2.79. The number of rotatable bonds is 4. The lowest BCUT2D eigenvalue weighted by atomic mass is 10.3. The lowest BCUT2D eigenvalue weighted by Crippen LogP contribution is -2.26. The van der Waals surface area contributed by atoms with Crippen molar-refractivity contribution in [3.8, 4) is 6.07 Å². The van der Waals surface area contributed by atoms with Crippen LogP contribution in [0.3, 0.4) is 0 Å². The van der Waals surface area contributed by atoms with E-state index in [2.05, 4.69) is 4.98 Å². The zero-order valence-corrected chi connectivity index (χ0v) is 8.14. The molecule has 0 saturated carbocycles. The van der Waals surface area contributed by atoms with Crippen molar-refractivity contribution in [2.24, 2.45) is 0 Å². The summed E-state index contributed by atoms with van der Waals surface area (Å²) in [4.78, 5) is 6.08. The smallest absolute Gasteiger partial charge is 0.128 e. The Bertz CT molecular complexity index is 315. The van der Waals surface area contributed by atoms with Gasteiger partial charge in [-0.05, 0) is 19.1 Å². The van der Waals surface area contributed by atoms with Gasteiger partial charge in [-0.15, -0.1) is 0 Å². The van der Waals surface area contributed by atoms with Gasteiger partial charge in [0, 0.05) is 19.3 Å². The topological polar surface area (TPSA) is 60.1 Å². The van der Waals surface area contributed by atoms with E-state index in [9.17, 15) is 0 Å². The van der Waals surface area contributed by atoms with Gasteiger partial charge in [-0.25, -0.2) is 4.98 Å². The molecule has 0 aliphatic carbocycles. The minimum absolute atomic E-state index is 0.107. The molecule has 0 aliphatic rings. The Morgan fingerprint density at radius 2 is 2.36 bits per heavy atom. The van der Waals surface area contributed by atoms with Gasteiger partial charge in [0.05, 0.1) is 12.2 Å². The fourth-order valence-corrected chi connectivity index (χ4v) is 1.19. The summed E-state index contributed by atoms with van der Waals surface area (Å²) < 4.78 is 0. The van der Waals surface area contributed by atoms with Gasteiger partial charge in [0.15, 0.2) is 0 Å². The molecule has 0 saturated heterocycles. The molecule has 14 heavy (non-hydrogen) atoms. The molecule has 0 bridgehead atoms. The van der Waals surface area contributed by atoms with Crippen LogP contribution < -0.4 is 4.90 Å². The number of aromatic nitrogens is 1. The lowest BCUT2D eigenvalue weighted by molar-refractivity contribution is 0.302. The first kappa shape index (κ1) is 10.5. The molecule has 0 aliphatic heterocycles. The number of aliphatic hydroxyl groups is 1. The number of aliphatic hydroxyl groups excluding tert-OH is 1. The molecule has 0 atom stereocenters. The molecule has 0 fully saturated rings. The van der Waals surface area contributed by atoms with Crippen LogP contribution in [0.25, 0.3) is 0 Å². The Hall–Kier alpha value is -1.60. The van der Waals surface area contributed by atoms with Gasteiger partial charge in [-0.2, -0.15) is 5.26 Å². The van der Waals surface area contributed by atoms with Crippen LogP contribution in [0.2, 0.25) is 0 Å². The van der Waals surface area contributed by atoms with Crippen molar-refractivity contribution in [2.45, 2.75) is 6.92 Å². The summed E-state index contributed by atoms with van der Waals surface area (Å²) in [6.07, 6.45) is 1.54. The van der Waals surface area contributed by atoms with Gasteiger partial charge < -0.3 is 10.0 Å². The summed E-state index contributed by atoms with van der Waals surface area (Å²) >= 11 is 0. The highest BCUT2D eigenvalue weighted by Gasteiger charge is 2.03. The lowest BCUT2D eigenvalue weighted by Gasteiger charge is -2.20. The molecule has 4 heteroatoms. The molecule has 0 aromatic carbocycles. The quantitative estimate of drug-likeness (QED) is 0.763. The maximum Gasteiger partial charge on any atom is 0.128 e. The van der Waals surface area contributed by atoms with Crippen molar-refractivity contribution in [1.82, 2.24) is 4.98 Å². The average Bonchev–Trinajstić information content (AvgIpc) is 2.26. The molecule has 1 heterocycles. The highest BCUT2D eigenvalue weighted by atomic mass is 16.3. The Kier molecular flexibility index (Phi) is 3.89. The number of nitriles is 1. The van der Waals surface area contributed by atoms with E-state index in [0.717, 1.165) is 12.4 Å². The Labute approximate surface area is 83.4 Å². The van der Waals surface area contributed by atoms with Gasteiger partial charge in [0.2, 0.25) is 0 Å². The van der Waals surface area contributed by atoms with Crippen LogP contribution in [0.1, 0.15) is 12.5 Å². The van der Waals surface area contributed by atoms with Crippen LogP contribution in [-0.2, 0) is 0 Å². The highest BCUT2D eigenvalue weighted by molar-refractivity contribution is 5.41. The van der Waals surface area contributed by atoms with Crippen LogP contribution in [-0.4, -0.2) is 29.8 Å². The van der Waals surface area contributed by atoms with Crippen molar-refractivity contribution in [2.75, 3.05) is 24.6 Å². The molecule has 0 unspecified atom stereocenters. The third kappa shape index (κ3) is 2.44. The second-order valence-electron chi connectivity index (χ2n) is 2.82. The third-order valence-electron chi connectivity index (χ3n) is 1.95. The summed E-state index contributed by atoms with van der Waals surface area (Å²) in [5.41, 5.74) is 0.550. The molecule has 0 radical (unpaired) electrons. The average molecular weight is 191 g/mol. The monoisotopic (exact) mass is 191 g/mol. The predicted molar refractivity (Wildman–Crippen MR) is 53.9 cm³/mol. The first-order chi connectivity index (χ1) is 6.81. The van der Waals surface area contributed by atoms with E-state index in [1.807, 2.05) is 17.9 Å². The van der Waals surface area contributed by atoms with Gasteiger partial charge in [0.1, 0.15) is 11.9 Å². The Morgan fingerprint density at radius 3 is 2.79 bits per heavy atom. The van der Waals surface area contributed by atoms with E-state index in [-0.39, 0.29) is 6.61 Å². The van der Waals surface area contributed by atoms with Crippen LogP contribution in [0, 0.1) is 11.3 Å². The van der Waals surface area contributed by atoms with Gasteiger partial charge in [-0.3, -0.25) is 0 Å². The SMILES string of the molecule is CCN(CCO)c1ccc(C#N)cn1. The number of pyridine rings is 1. The number of hydrogen-bond donors (Lipinski definition) is 1. The van der Waals surface area contributed by atoms with Gasteiger partial charge in [-0.1, -0.05) is 0 Å². The number of likely N-dealkylation sites (N-methyl/N-ethyl adjacent to an activating group) is 1. The van der Waals surface area contributed by atoms with Crippen molar-refractivity contribution in [3.63, 3.8) is 0 Å². The standard InChI is InChI=1S/C10H13N3O/c1-2-13(5-6-14)10-4-3-9(7-11)8-12-10/h3-4,8,14H,2,5-6H2,1H3. The zero-order valence-electron chi connectivity index (χ0n) is 8.14.